The quantitative estimate of drug-likeness (QED) is 0.517. The van der Waals surface area contributed by atoms with Crippen LogP contribution in [-0.4, -0.2) is 28.4 Å². The largest absolute Gasteiger partial charge is 0.249 e. The van der Waals surface area contributed by atoms with Crippen LogP contribution in [0.5, 0.6) is 0 Å². The third-order valence-corrected chi connectivity index (χ3v) is 3.12. The fraction of sp³-hybridized carbons (Fsp3) is 1.00. The molecule has 0 aromatic rings. The molecular weight excluding hydrogens is 138 g/mol. The van der Waals surface area contributed by atoms with E-state index in [1.165, 1.54) is 11.5 Å². The van der Waals surface area contributed by atoms with E-state index in [1.54, 1.807) is 0 Å². The van der Waals surface area contributed by atoms with E-state index in [1.807, 2.05) is 11.8 Å². The van der Waals surface area contributed by atoms with Gasteiger partial charge >= 0.3 is 0 Å². The van der Waals surface area contributed by atoms with Gasteiger partial charge in [0.15, 0.2) is 0 Å². The first-order valence-electron chi connectivity index (χ1n) is 2.84. The zero-order valence-corrected chi connectivity index (χ0v) is 6.71. The van der Waals surface area contributed by atoms with E-state index >= 15 is 0 Å². The Morgan fingerprint density at radius 3 is 2.88 bits per heavy atom. The molecule has 1 aliphatic heterocycles. The van der Waals surface area contributed by atoms with Crippen LogP contribution in [0.1, 0.15) is 6.92 Å². The van der Waals surface area contributed by atoms with Gasteiger partial charge in [-0.05, 0) is 6.92 Å². The van der Waals surface area contributed by atoms with Gasteiger partial charge in [0.05, 0.1) is 0 Å². The van der Waals surface area contributed by atoms with Crippen molar-refractivity contribution in [1.82, 2.24) is 4.31 Å². The van der Waals surface area contributed by atoms with Gasteiger partial charge in [-0.1, -0.05) is 12.8 Å². The molecule has 0 amide bonds. The van der Waals surface area contributed by atoms with Crippen molar-refractivity contribution in [1.29, 1.82) is 0 Å². The van der Waals surface area contributed by atoms with Crippen LogP contribution in [0.25, 0.3) is 0 Å². The summed E-state index contributed by atoms with van der Waals surface area (Å²) in [5.41, 5.74) is 0. The Morgan fingerprint density at radius 2 is 2.50 bits per heavy atom. The van der Waals surface area contributed by atoms with Crippen LogP contribution < -0.4 is 0 Å². The first-order valence-corrected chi connectivity index (χ1v) is 4.39. The molecule has 8 heavy (non-hydrogen) atoms. The highest BCUT2D eigenvalue weighted by molar-refractivity contribution is 7.99. The molecule has 0 radical (unpaired) electrons. The molecule has 1 heterocycles. The maximum Gasteiger partial charge on any atom is 0.0262 e. The molecule has 1 saturated heterocycles. The lowest BCUT2D eigenvalue weighted by Crippen LogP contribution is -2.32. The Morgan fingerprint density at radius 1 is 1.75 bits per heavy atom. The lowest BCUT2D eigenvalue weighted by Gasteiger charge is -2.27. The van der Waals surface area contributed by atoms with Gasteiger partial charge in [-0.15, -0.1) is 0 Å². The molecule has 1 aliphatic rings. The number of hydrogen-bond acceptors (Lipinski definition) is 3. The summed E-state index contributed by atoms with van der Waals surface area (Å²) in [6, 6.07) is 0.664. The molecule has 0 spiro atoms. The van der Waals surface area contributed by atoms with Gasteiger partial charge < -0.3 is 0 Å². The van der Waals surface area contributed by atoms with E-state index in [0.717, 1.165) is 6.54 Å². The number of thiol groups is 1. The maximum atomic E-state index is 4.28. The minimum absolute atomic E-state index is 0.664. The lowest BCUT2D eigenvalue weighted by molar-refractivity contribution is 0.419. The van der Waals surface area contributed by atoms with E-state index in [2.05, 4.69) is 24.0 Å². The van der Waals surface area contributed by atoms with Crippen molar-refractivity contribution in [2.75, 3.05) is 18.1 Å². The molecule has 1 rings (SSSR count). The third kappa shape index (κ3) is 1.57. The van der Waals surface area contributed by atoms with Crippen LogP contribution >= 0.6 is 24.6 Å². The van der Waals surface area contributed by atoms with Crippen molar-refractivity contribution >= 4 is 24.6 Å². The molecule has 1 atom stereocenters. The van der Waals surface area contributed by atoms with Gasteiger partial charge in [-0.25, -0.2) is 4.31 Å². The second-order valence-corrected chi connectivity index (χ2v) is 3.75. The van der Waals surface area contributed by atoms with Gasteiger partial charge in [0.1, 0.15) is 0 Å². The molecule has 0 aliphatic carbocycles. The second-order valence-electron chi connectivity index (χ2n) is 2.09. The van der Waals surface area contributed by atoms with Crippen molar-refractivity contribution in [2.45, 2.75) is 13.0 Å². The molecule has 48 valence electrons. The second kappa shape index (κ2) is 2.99. The normalized spacial score (nSPS) is 33.0. The fourth-order valence-corrected chi connectivity index (χ4v) is 2.16. The van der Waals surface area contributed by atoms with E-state index in [-0.39, 0.29) is 0 Å². The van der Waals surface area contributed by atoms with Gasteiger partial charge in [0.25, 0.3) is 0 Å². The molecule has 3 heteroatoms. The zero-order chi connectivity index (χ0) is 5.98. The topological polar surface area (TPSA) is 3.24 Å². The summed E-state index contributed by atoms with van der Waals surface area (Å²) >= 11 is 6.29. The summed E-state index contributed by atoms with van der Waals surface area (Å²) in [4.78, 5) is 0. The summed E-state index contributed by atoms with van der Waals surface area (Å²) < 4.78 is 2.11. The highest BCUT2D eigenvalue weighted by Crippen LogP contribution is 2.16. The minimum Gasteiger partial charge on any atom is -0.249 e. The number of thioether (sulfide) groups is 1. The predicted molar refractivity (Wildman–Crippen MR) is 42.5 cm³/mol. The smallest absolute Gasteiger partial charge is 0.0262 e. The average molecular weight is 149 g/mol. The first-order chi connectivity index (χ1) is 3.80. The van der Waals surface area contributed by atoms with Crippen LogP contribution in [0.3, 0.4) is 0 Å². The Balaban J connectivity index is 2.28. The SMILES string of the molecule is CC1CSCCN1S. The van der Waals surface area contributed by atoms with Crippen LogP contribution in [0.2, 0.25) is 0 Å². The summed E-state index contributed by atoms with van der Waals surface area (Å²) in [6.45, 7) is 3.34. The highest BCUT2D eigenvalue weighted by atomic mass is 32.2. The van der Waals surface area contributed by atoms with Crippen molar-refractivity contribution in [2.24, 2.45) is 0 Å². The standard InChI is InChI=1S/C5H11NS2/c1-5-4-8-3-2-6(5)7/h5,7H,2-4H2,1H3. The molecule has 0 N–H and O–H groups in total. The molecule has 1 nitrogen and oxygen atoms in total. The van der Waals surface area contributed by atoms with Gasteiger partial charge in [0, 0.05) is 24.1 Å². The third-order valence-electron chi connectivity index (χ3n) is 1.33. The van der Waals surface area contributed by atoms with Gasteiger partial charge in [-0.2, -0.15) is 11.8 Å². The lowest BCUT2D eigenvalue weighted by atomic mass is 10.4. The van der Waals surface area contributed by atoms with Crippen molar-refractivity contribution in [3.63, 3.8) is 0 Å². The Kier molecular flexibility index (Phi) is 2.53. The zero-order valence-electron chi connectivity index (χ0n) is 5.00. The Hall–Kier alpha value is 0.660. The van der Waals surface area contributed by atoms with Crippen LogP contribution in [0.4, 0.5) is 0 Å². The van der Waals surface area contributed by atoms with E-state index < -0.39 is 0 Å². The minimum atomic E-state index is 0.664. The van der Waals surface area contributed by atoms with E-state index in [4.69, 9.17) is 0 Å². The van der Waals surface area contributed by atoms with E-state index in [0.29, 0.717) is 6.04 Å². The molecule has 0 saturated carbocycles. The molecule has 0 bridgehead atoms. The van der Waals surface area contributed by atoms with E-state index in [9.17, 15) is 0 Å². The van der Waals surface area contributed by atoms with Crippen molar-refractivity contribution in [3.8, 4) is 0 Å². The highest BCUT2D eigenvalue weighted by Gasteiger charge is 2.13. The maximum absolute atomic E-state index is 4.28. The first kappa shape index (κ1) is 6.78. The molecular formula is C5H11NS2. The van der Waals surface area contributed by atoms with Crippen molar-refractivity contribution in [3.05, 3.63) is 0 Å². The summed E-state index contributed by atoms with van der Waals surface area (Å²) in [5, 5.41) is 0. The summed E-state index contributed by atoms with van der Waals surface area (Å²) in [7, 11) is 0. The molecule has 1 fully saturated rings. The van der Waals surface area contributed by atoms with Crippen LogP contribution in [-0.2, 0) is 0 Å². The predicted octanol–water partition coefficient (Wildman–Crippen LogP) is 1.27. The number of rotatable bonds is 0. The fourth-order valence-electron chi connectivity index (χ4n) is 0.718. The Labute approximate surface area is 60.4 Å². The number of nitrogens with zero attached hydrogens (tertiary/aromatic N) is 1. The molecule has 0 aromatic carbocycles. The van der Waals surface area contributed by atoms with Gasteiger partial charge in [0.2, 0.25) is 0 Å². The summed E-state index contributed by atoms with van der Waals surface area (Å²) in [5.74, 6) is 2.48. The van der Waals surface area contributed by atoms with Crippen LogP contribution in [0, 0.1) is 0 Å². The molecule has 1 unspecified atom stereocenters. The van der Waals surface area contributed by atoms with Crippen LogP contribution in [0.15, 0.2) is 0 Å². The molecule has 0 aromatic heterocycles. The average Bonchev–Trinajstić information content (AvgIpc) is 1.77. The number of hydrogen-bond donors (Lipinski definition) is 1. The van der Waals surface area contributed by atoms with Gasteiger partial charge in [-0.3, -0.25) is 0 Å². The monoisotopic (exact) mass is 149 g/mol. The van der Waals surface area contributed by atoms with Crippen molar-refractivity contribution < 1.29 is 0 Å². The Bertz CT molecular complexity index is 66.8. The summed E-state index contributed by atoms with van der Waals surface area (Å²) in [6.07, 6.45) is 0.